The predicted octanol–water partition coefficient (Wildman–Crippen LogP) is 0.335. The summed E-state index contributed by atoms with van der Waals surface area (Å²) in [5.74, 6) is -0.428. The molecule has 13 heavy (non-hydrogen) atoms. The second-order valence-corrected chi connectivity index (χ2v) is 3.41. The van der Waals surface area contributed by atoms with Crippen LogP contribution in [0.15, 0.2) is 0 Å². The van der Waals surface area contributed by atoms with E-state index in [1.54, 1.807) is 6.92 Å². The van der Waals surface area contributed by atoms with Crippen LogP contribution in [0.1, 0.15) is 19.8 Å². The number of esters is 1. The molecule has 0 bridgehead atoms. The molecule has 1 N–H and O–H groups in total. The Morgan fingerprint density at radius 3 is 3.00 bits per heavy atom. The third kappa shape index (κ3) is 2.67. The topological polar surface area (TPSA) is 55.8 Å². The molecule has 1 rings (SSSR count). The summed E-state index contributed by atoms with van der Waals surface area (Å²) in [7, 11) is 1.38. The molecule has 1 saturated heterocycles. The van der Waals surface area contributed by atoms with Gasteiger partial charge in [-0.1, -0.05) is 0 Å². The quantitative estimate of drug-likeness (QED) is 0.649. The zero-order valence-corrected chi connectivity index (χ0v) is 8.03. The monoisotopic (exact) mass is 188 g/mol. The van der Waals surface area contributed by atoms with E-state index in [9.17, 15) is 4.79 Å². The highest BCUT2D eigenvalue weighted by Crippen LogP contribution is 2.25. The standard InChI is InChI=1S/C9H16O4/c1-6(10)5-8-7(3-4-13-8)9(11)12-2/h6-8,10H,3-5H2,1-2H3. The Balaban J connectivity index is 2.48. The molecule has 0 spiro atoms. The molecule has 4 nitrogen and oxygen atoms in total. The SMILES string of the molecule is COC(=O)C1CCOC1CC(C)O. The van der Waals surface area contributed by atoms with Crippen molar-refractivity contribution < 1.29 is 19.4 Å². The Bertz CT molecular complexity index is 178. The van der Waals surface area contributed by atoms with Crippen LogP contribution in [0.4, 0.5) is 0 Å². The minimum absolute atomic E-state index is 0.174. The van der Waals surface area contributed by atoms with E-state index >= 15 is 0 Å². The molecule has 0 aliphatic carbocycles. The highest BCUT2D eigenvalue weighted by Gasteiger charge is 2.35. The van der Waals surface area contributed by atoms with Crippen molar-refractivity contribution in [2.24, 2.45) is 5.92 Å². The van der Waals surface area contributed by atoms with Crippen molar-refractivity contribution in [1.29, 1.82) is 0 Å². The van der Waals surface area contributed by atoms with Crippen molar-refractivity contribution in [3.05, 3.63) is 0 Å². The van der Waals surface area contributed by atoms with E-state index in [1.807, 2.05) is 0 Å². The minimum Gasteiger partial charge on any atom is -0.469 e. The van der Waals surface area contributed by atoms with Crippen LogP contribution >= 0.6 is 0 Å². The van der Waals surface area contributed by atoms with Gasteiger partial charge in [-0.3, -0.25) is 4.79 Å². The molecule has 1 aliphatic heterocycles. The molecule has 3 unspecified atom stereocenters. The average molecular weight is 188 g/mol. The lowest BCUT2D eigenvalue weighted by Crippen LogP contribution is -2.28. The van der Waals surface area contributed by atoms with Gasteiger partial charge in [0, 0.05) is 13.0 Å². The summed E-state index contributed by atoms with van der Waals surface area (Å²) in [4.78, 5) is 11.2. The molecule has 0 aromatic carbocycles. The first kappa shape index (κ1) is 10.5. The zero-order valence-electron chi connectivity index (χ0n) is 8.03. The molecule has 0 saturated carbocycles. The van der Waals surface area contributed by atoms with Crippen molar-refractivity contribution >= 4 is 5.97 Å². The van der Waals surface area contributed by atoms with E-state index in [1.165, 1.54) is 7.11 Å². The van der Waals surface area contributed by atoms with Gasteiger partial charge in [-0.25, -0.2) is 0 Å². The summed E-state index contributed by atoms with van der Waals surface area (Å²) in [6.45, 7) is 2.27. The summed E-state index contributed by atoms with van der Waals surface area (Å²) in [6, 6.07) is 0. The van der Waals surface area contributed by atoms with Gasteiger partial charge in [-0.2, -0.15) is 0 Å². The van der Waals surface area contributed by atoms with Gasteiger partial charge < -0.3 is 14.6 Å². The zero-order chi connectivity index (χ0) is 9.84. The molecule has 0 aromatic rings. The molecule has 3 atom stereocenters. The van der Waals surface area contributed by atoms with Crippen molar-refractivity contribution in [2.75, 3.05) is 13.7 Å². The smallest absolute Gasteiger partial charge is 0.311 e. The highest BCUT2D eigenvalue weighted by atomic mass is 16.5. The maximum Gasteiger partial charge on any atom is 0.311 e. The Hall–Kier alpha value is -0.610. The summed E-state index contributed by atoms with van der Waals surface area (Å²) >= 11 is 0. The van der Waals surface area contributed by atoms with Crippen molar-refractivity contribution in [3.63, 3.8) is 0 Å². The fraction of sp³-hybridized carbons (Fsp3) is 0.889. The lowest BCUT2D eigenvalue weighted by molar-refractivity contribution is -0.147. The van der Waals surface area contributed by atoms with Gasteiger partial charge in [0.2, 0.25) is 0 Å². The lowest BCUT2D eigenvalue weighted by Gasteiger charge is -2.17. The first-order valence-corrected chi connectivity index (χ1v) is 4.52. The lowest BCUT2D eigenvalue weighted by atomic mass is 9.97. The van der Waals surface area contributed by atoms with Gasteiger partial charge in [-0.15, -0.1) is 0 Å². The van der Waals surface area contributed by atoms with E-state index in [0.29, 0.717) is 19.4 Å². The second kappa shape index (κ2) is 4.58. The van der Waals surface area contributed by atoms with Crippen LogP contribution in [0.25, 0.3) is 0 Å². The predicted molar refractivity (Wildman–Crippen MR) is 46.2 cm³/mol. The molecule has 0 amide bonds. The van der Waals surface area contributed by atoms with Crippen LogP contribution in [0.5, 0.6) is 0 Å². The summed E-state index contributed by atoms with van der Waals surface area (Å²) in [5.41, 5.74) is 0. The molecule has 1 aliphatic rings. The van der Waals surface area contributed by atoms with Gasteiger partial charge >= 0.3 is 5.97 Å². The molecule has 4 heteroatoms. The first-order valence-electron chi connectivity index (χ1n) is 4.52. The second-order valence-electron chi connectivity index (χ2n) is 3.41. The van der Waals surface area contributed by atoms with Crippen LogP contribution < -0.4 is 0 Å². The molecule has 1 heterocycles. The number of rotatable bonds is 3. The van der Waals surface area contributed by atoms with E-state index in [0.717, 1.165) is 0 Å². The summed E-state index contributed by atoms with van der Waals surface area (Å²) in [5, 5.41) is 9.15. The molecule has 76 valence electrons. The van der Waals surface area contributed by atoms with Gasteiger partial charge in [0.05, 0.1) is 25.2 Å². The molecule has 1 fully saturated rings. The van der Waals surface area contributed by atoms with Crippen molar-refractivity contribution in [3.8, 4) is 0 Å². The number of methoxy groups -OCH3 is 1. The normalized spacial score (nSPS) is 30.1. The van der Waals surface area contributed by atoms with Crippen molar-refractivity contribution in [1.82, 2.24) is 0 Å². The Kier molecular flexibility index (Phi) is 3.69. The molecular weight excluding hydrogens is 172 g/mol. The van der Waals surface area contributed by atoms with E-state index in [2.05, 4.69) is 4.74 Å². The number of aliphatic hydroxyl groups excluding tert-OH is 1. The van der Waals surface area contributed by atoms with Crippen LogP contribution in [0, 0.1) is 5.92 Å². The van der Waals surface area contributed by atoms with Gasteiger partial charge in [0.1, 0.15) is 0 Å². The van der Waals surface area contributed by atoms with Crippen molar-refractivity contribution in [2.45, 2.75) is 32.0 Å². The number of aliphatic hydroxyl groups is 1. The Morgan fingerprint density at radius 1 is 1.77 bits per heavy atom. The third-order valence-electron chi connectivity index (χ3n) is 2.29. The van der Waals surface area contributed by atoms with Gasteiger partial charge in [-0.05, 0) is 13.3 Å². The fourth-order valence-electron chi connectivity index (χ4n) is 1.64. The summed E-state index contributed by atoms with van der Waals surface area (Å²) in [6.07, 6.45) is 0.590. The number of hydrogen-bond donors (Lipinski definition) is 1. The van der Waals surface area contributed by atoms with E-state index in [-0.39, 0.29) is 18.0 Å². The summed E-state index contributed by atoms with van der Waals surface area (Å²) < 4.78 is 9.98. The van der Waals surface area contributed by atoms with Gasteiger partial charge in [0.25, 0.3) is 0 Å². The minimum atomic E-state index is -0.435. The van der Waals surface area contributed by atoms with Crippen LogP contribution in [-0.2, 0) is 14.3 Å². The number of ether oxygens (including phenoxy) is 2. The largest absolute Gasteiger partial charge is 0.469 e. The number of hydrogen-bond acceptors (Lipinski definition) is 4. The fourth-order valence-corrected chi connectivity index (χ4v) is 1.64. The maximum atomic E-state index is 11.2. The van der Waals surface area contributed by atoms with Crippen LogP contribution in [0.3, 0.4) is 0 Å². The Labute approximate surface area is 77.8 Å². The average Bonchev–Trinajstić information content (AvgIpc) is 2.50. The maximum absolute atomic E-state index is 11.2. The van der Waals surface area contributed by atoms with E-state index < -0.39 is 6.10 Å². The Morgan fingerprint density at radius 2 is 2.46 bits per heavy atom. The highest BCUT2D eigenvalue weighted by molar-refractivity contribution is 5.73. The number of carbonyl (C=O) groups is 1. The first-order chi connectivity index (χ1) is 6.15. The van der Waals surface area contributed by atoms with Gasteiger partial charge in [0.15, 0.2) is 0 Å². The molecular formula is C9H16O4. The third-order valence-corrected chi connectivity index (χ3v) is 2.29. The van der Waals surface area contributed by atoms with Crippen LogP contribution in [-0.4, -0.2) is 37.0 Å². The number of carbonyl (C=O) groups excluding carboxylic acids is 1. The molecule has 0 aromatic heterocycles. The van der Waals surface area contributed by atoms with Crippen LogP contribution in [0.2, 0.25) is 0 Å². The van der Waals surface area contributed by atoms with E-state index in [4.69, 9.17) is 9.84 Å². The molecule has 0 radical (unpaired) electrons.